The van der Waals surface area contributed by atoms with Crippen molar-refractivity contribution in [1.29, 1.82) is 0 Å². The third kappa shape index (κ3) is 4.10. The Morgan fingerprint density at radius 2 is 1.75 bits per heavy atom. The molecule has 4 aromatic rings. The number of aromatic nitrogens is 1. The molecule has 0 radical (unpaired) electrons. The second-order valence-corrected chi connectivity index (χ2v) is 7.26. The molecule has 138 valence electrons. The van der Waals surface area contributed by atoms with Crippen molar-refractivity contribution in [2.75, 3.05) is 5.32 Å². The zero-order valence-electron chi connectivity index (χ0n) is 15.3. The van der Waals surface area contributed by atoms with Crippen molar-refractivity contribution in [1.82, 2.24) is 4.98 Å². The lowest BCUT2D eigenvalue weighted by Gasteiger charge is -2.12. The van der Waals surface area contributed by atoms with Crippen molar-refractivity contribution < 1.29 is 9.53 Å². The predicted molar refractivity (Wildman–Crippen MR) is 113 cm³/mol. The van der Waals surface area contributed by atoms with Crippen molar-refractivity contribution in [2.24, 2.45) is 0 Å². The number of amides is 1. The third-order valence-electron chi connectivity index (χ3n) is 4.14. The van der Waals surface area contributed by atoms with Crippen LogP contribution in [0.3, 0.4) is 0 Å². The van der Waals surface area contributed by atoms with Gasteiger partial charge in [-0.15, -0.1) is 11.3 Å². The van der Waals surface area contributed by atoms with Gasteiger partial charge in [0.05, 0.1) is 16.3 Å². The number of para-hydroxylation sites is 2. The molecule has 0 aliphatic rings. The number of aryl methyl sites for hydroxylation is 1. The Labute approximate surface area is 167 Å². The fourth-order valence-corrected chi connectivity index (χ4v) is 3.43. The van der Waals surface area contributed by atoms with Gasteiger partial charge in [-0.3, -0.25) is 4.79 Å². The van der Waals surface area contributed by atoms with E-state index in [1.807, 2.05) is 79.0 Å². The second kappa shape index (κ2) is 8.06. The normalized spacial score (nSPS) is 10.5. The highest BCUT2D eigenvalue weighted by molar-refractivity contribution is 7.09. The zero-order valence-corrected chi connectivity index (χ0v) is 16.1. The molecule has 4 nitrogen and oxygen atoms in total. The van der Waals surface area contributed by atoms with Gasteiger partial charge in [-0.1, -0.05) is 42.5 Å². The van der Waals surface area contributed by atoms with Gasteiger partial charge in [-0.05, 0) is 43.3 Å². The van der Waals surface area contributed by atoms with E-state index in [1.54, 1.807) is 23.5 Å². The van der Waals surface area contributed by atoms with Crippen LogP contribution in [0.5, 0.6) is 11.5 Å². The number of ether oxygens (including phenoxy) is 1. The van der Waals surface area contributed by atoms with Gasteiger partial charge in [0.25, 0.3) is 5.91 Å². The number of anilines is 1. The second-order valence-electron chi connectivity index (χ2n) is 6.20. The number of hydrogen-bond acceptors (Lipinski definition) is 4. The quantitative estimate of drug-likeness (QED) is 0.447. The molecule has 0 saturated carbocycles. The molecule has 0 atom stereocenters. The molecule has 28 heavy (non-hydrogen) atoms. The Bertz CT molecular complexity index is 1110. The first kappa shape index (κ1) is 17.9. The third-order valence-corrected chi connectivity index (χ3v) is 4.91. The van der Waals surface area contributed by atoms with E-state index in [0.717, 1.165) is 16.3 Å². The number of benzene rings is 3. The van der Waals surface area contributed by atoms with Crippen LogP contribution in [0.4, 0.5) is 5.69 Å². The predicted octanol–water partition coefficient (Wildman–Crippen LogP) is 6.16. The fourth-order valence-electron chi connectivity index (χ4n) is 2.81. The highest BCUT2D eigenvalue weighted by atomic mass is 32.1. The molecule has 5 heteroatoms. The SMILES string of the molecule is Cc1nc(-c2cccc(NC(=O)c3ccccc3Oc3ccccc3)c2)cs1. The summed E-state index contributed by atoms with van der Waals surface area (Å²) in [6.07, 6.45) is 0. The van der Waals surface area contributed by atoms with Gasteiger partial charge in [0.15, 0.2) is 0 Å². The Morgan fingerprint density at radius 3 is 2.54 bits per heavy atom. The summed E-state index contributed by atoms with van der Waals surface area (Å²) in [6.45, 7) is 1.98. The lowest BCUT2D eigenvalue weighted by Crippen LogP contribution is -2.13. The fraction of sp³-hybridized carbons (Fsp3) is 0.0435. The maximum absolute atomic E-state index is 12.9. The summed E-state index contributed by atoms with van der Waals surface area (Å²) in [6, 6.07) is 24.3. The molecule has 1 heterocycles. The Kier molecular flexibility index (Phi) is 5.17. The minimum absolute atomic E-state index is 0.224. The Hall–Kier alpha value is -3.44. The highest BCUT2D eigenvalue weighted by Gasteiger charge is 2.13. The maximum atomic E-state index is 12.9. The molecule has 0 aliphatic heterocycles. The smallest absolute Gasteiger partial charge is 0.259 e. The monoisotopic (exact) mass is 386 g/mol. The Balaban J connectivity index is 1.56. The average Bonchev–Trinajstić information content (AvgIpc) is 3.16. The van der Waals surface area contributed by atoms with Gasteiger partial charge in [0, 0.05) is 16.6 Å². The lowest BCUT2D eigenvalue weighted by molar-refractivity contribution is 0.102. The van der Waals surface area contributed by atoms with Gasteiger partial charge in [-0.25, -0.2) is 4.98 Å². The van der Waals surface area contributed by atoms with E-state index < -0.39 is 0 Å². The van der Waals surface area contributed by atoms with Gasteiger partial charge >= 0.3 is 0 Å². The van der Waals surface area contributed by atoms with Crippen LogP contribution in [0.15, 0.2) is 84.2 Å². The van der Waals surface area contributed by atoms with Crippen molar-refractivity contribution in [2.45, 2.75) is 6.92 Å². The summed E-state index contributed by atoms with van der Waals surface area (Å²) in [7, 11) is 0. The van der Waals surface area contributed by atoms with E-state index >= 15 is 0 Å². The molecule has 0 bridgehead atoms. The average molecular weight is 386 g/mol. The van der Waals surface area contributed by atoms with Crippen LogP contribution in [0, 0.1) is 6.92 Å². The molecule has 3 aromatic carbocycles. The van der Waals surface area contributed by atoms with Gasteiger partial charge in [0.1, 0.15) is 11.5 Å². The standard InChI is InChI=1S/C23H18N2O2S/c1-16-24-21(15-28-16)17-8-7-9-18(14-17)25-23(26)20-12-5-6-13-22(20)27-19-10-3-2-4-11-19/h2-15H,1H3,(H,25,26). The van der Waals surface area contributed by atoms with Crippen molar-refractivity contribution in [3.63, 3.8) is 0 Å². The van der Waals surface area contributed by atoms with Crippen LogP contribution < -0.4 is 10.1 Å². The number of thiazole rings is 1. The molecule has 4 rings (SSSR count). The molecular weight excluding hydrogens is 368 g/mol. The maximum Gasteiger partial charge on any atom is 0.259 e. The number of nitrogens with zero attached hydrogens (tertiary/aromatic N) is 1. The molecule has 0 fully saturated rings. The number of carbonyl (C=O) groups excluding carboxylic acids is 1. The number of carbonyl (C=O) groups is 1. The van der Waals surface area contributed by atoms with Crippen LogP contribution in [0.2, 0.25) is 0 Å². The Morgan fingerprint density at radius 1 is 0.964 bits per heavy atom. The summed E-state index contributed by atoms with van der Waals surface area (Å²) in [5.74, 6) is 0.972. The van der Waals surface area contributed by atoms with E-state index in [-0.39, 0.29) is 5.91 Å². The molecule has 0 spiro atoms. The number of rotatable bonds is 5. The topological polar surface area (TPSA) is 51.2 Å². The van der Waals surface area contributed by atoms with Crippen molar-refractivity contribution in [3.8, 4) is 22.8 Å². The summed E-state index contributed by atoms with van der Waals surface area (Å²) in [4.78, 5) is 17.4. The molecular formula is C23H18N2O2S. The van der Waals surface area contributed by atoms with Crippen LogP contribution in [-0.2, 0) is 0 Å². The van der Waals surface area contributed by atoms with Crippen LogP contribution in [-0.4, -0.2) is 10.9 Å². The molecule has 0 saturated heterocycles. The largest absolute Gasteiger partial charge is 0.457 e. The van der Waals surface area contributed by atoms with Gasteiger partial charge in [0.2, 0.25) is 0 Å². The first-order valence-electron chi connectivity index (χ1n) is 8.85. The molecule has 1 aromatic heterocycles. The van der Waals surface area contributed by atoms with Crippen LogP contribution >= 0.6 is 11.3 Å². The highest BCUT2D eigenvalue weighted by Crippen LogP contribution is 2.27. The summed E-state index contributed by atoms with van der Waals surface area (Å²) in [5, 5.41) is 5.98. The molecule has 1 N–H and O–H groups in total. The van der Waals surface area contributed by atoms with E-state index in [9.17, 15) is 4.79 Å². The summed E-state index contributed by atoms with van der Waals surface area (Å²) in [5.41, 5.74) is 3.06. The van der Waals surface area contributed by atoms with Gasteiger partial charge < -0.3 is 10.1 Å². The lowest BCUT2D eigenvalue weighted by atomic mass is 10.1. The van der Waals surface area contributed by atoms with E-state index in [0.29, 0.717) is 22.7 Å². The molecule has 1 amide bonds. The first-order chi connectivity index (χ1) is 13.7. The van der Waals surface area contributed by atoms with Crippen LogP contribution in [0.25, 0.3) is 11.3 Å². The van der Waals surface area contributed by atoms with Crippen LogP contribution in [0.1, 0.15) is 15.4 Å². The van der Waals surface area contributed by atoms with E-state index in [4.69, 9.17) is 4.74 Å². The zero-order chi connectivity index (χ0) is 19.3. The van der Waals surface area contributed by atoms with E-state index in [1.165, 1.54) is 0 Å². The first-order valence-corrected chi connectivity index (χ1v) is 9.73. The van der Waals surface area contributed by atoms with Crippen molar-refractivity contribution >= 4 is 22.9 Å². The molecule has 0 unspecified atom stereocenters. The van der Waals surface area contributed by atoms with Crippen molar-refractivity contribution in [3.05, 3.63) is 94.8 Å². The minimum atomic E-state index is -0.224. The van der Waals surface area contributed by atoms with E-state index in [2.05, 4.69) is 10.3 Å². The summed E-state index contributed by atoms with van der Waals surface area (Å²) >= 11 is 1.60. The van der Waals surface area contributed by atoms with Gasteiger partial charge in [-0.2, -0.15) is 0 Å². The minimum Gasteiger partial charge on any atom is -0.457 e. The molecule has 0 aliphatic carbocycles. The summed E-state index contributed by atoms with van der Waals surface area (Å²) < 4.78 is 5.89. The number of hydrogen-bond donors (Lipinski definition) is 1. The number of nitrogens with one attached hydrogen (secondary N) is 1.